The van der Waals surface area contributed by atoms with E-state index in [0.29, 0.717) is 23.9 Å². The maximum atomic E-state index is 14.0. The molecular formula is C37H46N6O5S2. The Morgan fingerprint density at radius 3 is 2.80 bits per heavy atom. The number of fused-ring (bicyclic) bond motifs is 1. The number of benzene rings is 1. The predicted octanol–water partition coefficient (Wildman–Crippen LogP) is 5.10. The molecule has 1 aliphatic heterocycles. The zero-order valence-electron chi connectivity index (χ0n) is 28.6. The molecule has 1 saturated heterocycles. The van der Waals surface area contributed by atoms with Gasteiger partial charge >= 0.3 is 0 Å². The van der Waals surface area contributed by atoms with Crippen LogP contribution < -0.4 is 20.5 Å². The minimum Gasteiger partial charge on any atom is -0.472 e. The van der Waals surface area contributed by atoms with Gasteiger partial charge in [0.1, 0.15) is 28.7 Å². The molecule has 0 bridgehead atoms. The van der Waals surface area contributed by atoms with Crippen LogP contribution in [-0.4, -0.2) is 66.3 Å². The predicted molar refractivity (Wildman–Crippen MR) is 197 cm³/mol. The SMILES string of the molecule is C=C[C@@H]1C[C@]1(NC(=O)[C@@H]1C[C@@H](Oc2nccc3ccc(/C=C/CCc4csc(N)n4)cc23)CN1C(=O)C[C@H](C)CCC)C(=O)NS(=O)C1CC1. The molecule has 2 saturated carbocycles. The molecule has 1 aromatic carbocycles. The van der Waals surface area contributed by atoms with Crippen molar-refractivity contribution in [1.82, 2.24) is 24.9 Å². The lowest BCUT2D eigenvalue weighted by atomic mass is 10.0. The molecule has 3 aliphatic rings. The molecule has 0 spiro atoms. The Morgan fingerprint density at radius 2 is 2.10 bits per heavy atom. The number of nitrogens with two attached hydrogens (primary N) is 1. The highest BCUT2D eigenvalue weighted by molar-refractivity contribution is 7.84. The van der Waals surface area contributed by atoms with Crippen molar-refractivity contribution in [3.05, 3.63) is 65.8 Å². The number of hydrogen-bond donors (Lipinski definition) is 3. The molecule has 2 aliphatic carbocycles. The minimum absolute atomic E-state index is 0.0393. The van der Waals surface area contributed by atoms with Crippen molar-refractivity contribution >= 4 is 62.0 Å². The Hall–Kier alpha value is -4.10. The molecule has 6 rings (SSSR count). The standard InChI is InChI=1S/C37H46N6O5S2/c1-4-8-23(3)17-32(44)43-21-28(19-31(43)33(45)41-37(20-26(37)5-2)35(46)42-50(47)29-13-14-29)48-34-30-18-24(11-12-25(30)15-16-39-34)9-6-7-10-27-22-49-36(38)40-27/h5-6,9,11-12,15-16,18,22-23,26,28-29,31H,2,4,7-8,10,13-14,17,19-21H2,1,3H3,(H2,38,40)(H,41,45)(H,42,46)/b9-6+/t23-,26-,28-,31+,37-,50?/m1/s1. The number of nitrogen functional groups attached to an aromatic ring is 1. The van der Waals surface area contributed by atoms with Crippen molar-refractivity contribution in [1.29, 1.82) is 0 Å². The first-order valence-corrected chi connectivity index (χ1v) is 19.6. The van der Waals surface area contributed by atoms with Crippen molar-refractivity contribution in [2.75, 3.05) is 12.3 Å². The molecule has 3 heterocycles. The average molecular weight is 719 g/mol. The number of amides is 3. The van der Waals surface area contributed by atoms with E-state index in [9.17, 15) is 18.6 Å². The first kappa shape index (κ1) is 35.7. The highest BCUT2D eigenvalue weighted by atomic mass is 32.2. The van der Waals surface area contributed by atoms with Gasteiger partial charge in [0, 0.05) is 35.7 Å². The number of allylic oxidation sites excluding steroid dienone is 1. The molecule has 0 radical (unpaired) electrons. The Morgan fingerprint density at radius 1 is 1.28 bits per heavy atom. The number of carbonyl (C=O) groups excluding carboxylic acids is 3. The number of nitrogens with one attached hydrogen (secondary N) is 2. The molecular weight excluding hydrogens is 673 g/mol. The number of aryl methyl sites for hydroxylation is 1. The van der Waals surface area contributed by atoms with Crippen LogP contribution in [0.3, 0.4) is 0 Å². The van der Waals surface area contributed by atoms with Gasteiger partial charge in [0.2, 0.25) is 17.7 Å². The zero-order chi connectivity index (χ0) is 35.4. The summed E-state index contributed by atoms with van der Waals surface area (Å²) in [6, 6.07) is 7.17. The number of nitrogens with zero attached hydrogens (tertiary/aromatic N) is 3. The van der Waals surface area contributed by atoms with Crippen LogP contribution >= 0.6 is 11.3 Å². The van der Waals surface area contributed by atoms with E-state index in [1.165, 1.54) is 11.3 Å². The zero-order valence-corrected chi connectivity index (χ0v) is 30.3. The fourth-order valence-electron chi connectivity index (χ4n) is 6.71. The lowest BCUT2D eigenvalue weighted by Crippen LogP contribution is -2.56. The van der Waals surface area contributed by atoms with Crippen molar-refractivity contribution in [2.45, 2.75) is 94.6 Å². The topological polar surface area (TPSA) is 157 Å². The van der Waals surface area contributed by atoms with Gasteiger partial charge in [-0.05, 0) is 61.1 Å². The van der Waals surface area contributed by atoms with E-state index in [2.05, 4.69) is 45.7 Å². The molecule has 4 N–H and O–H groups in total. The molecule has 13 heteroatoms. The second kappa shape index (κ2) is 15.4. The summed E-state index contributed by atoms with van der Waals surface area (Å²) in [5.74, 6) is -0.730. The normalized spacial score (nSPS) is 24.2. The molecule has 266 valence electrons. The van der Waals surface area contributed by atoms with E-state index in [1.807, 2.05) is 36.6 Å². The quantitative estimate of drug-likeness (QED) is 0.173. The number of carbonyl (C=O) groups is 3. The summed E-state index contributed by atoms with van der Waals surface area (Å²) in [5, 5.41) is 7.25. The maximum absolute atomic E-state index is 14.0. The Labute approximate surface area is 299 Å². The van der Waals surface area contributed by atoms with E-state index in [0.717, 1.165) is 60.6 Å². The lowest BCUT2D eigenvalue weighted by molar-refractivity contribution is -0.140. The summed E-state index contributed by atoms with van der Waals surface area (Å²) in [4.78, 5) is 51.5. The summed E-state index contributed by atoms with van der Waals surface area (Å²) >= 11 is 1.44. The Balaban J connectivity index is 1.18. The number of aromatic nitrogens is 2. The smallest absolute Gasteiger partial charge is 0.258 e. The fraction of sp³-hybridized carbons (Fsp3) is 0.486. The number of pyridine rings is 1. The van der Waals surface area contributed by atoms with Crippen LogP contribution in [-0.2, 0) is 31.8 Å². The van der Waals surface area contributed by atoms with E-state index >= 15 is 0 Å². The van der Waals surface area contributed by atoms with E-state index in [-0.39, 0.29) is 36.0 Å². The molecule has 11 nitrogen and oxygen atoms in total. The lowest BCUT2D eigenvalue weighted by Gasteiger charge is -2.27. The van der Waals surface area contributed by atoms with Crippen LogP contribution in [0.4, 0.5) is 5.13 Å². The Bertz CT molecular complexity index is 1810. The number of hydrogen-bond acceptors (Lipinski definition) is 9. The van der Waals surface area contributed by atoms with E-state index in [4.69, 9.17) is 10.5 Å². The largest absolute Gasteiger partial charge is 0.472 e. The van der Waals surface area contributed by atoms with Gasteiger partial charge in [-0.25, -0.2) is 14.2 Å². The van der Waals surface area contributed by atoms with Crippen molar-refractivity contribution in [3.8, 4) is 5.88 Å². The highest BCUT2D eigenvalue weighted by Gasteiger charge is 2.61. The fourth-order valence-corrected chi connectivity index (χ4v) is 8.40. The van der Waals surface area contributed by atoms with Gasteiger partial charge in [-0.2, -0.15) is 0 Å². The average Bonchev–Trinajstić information content (AvgIpc) is 3.98. The third kappa shape index (κ3) is 8.26. The van der Waals surface area contributed by atoms with Gasteiger partial charge in [0.05, 0.1) is 17.5 Å². The molecule has 3 fully saturated rings. The molecule has 1 unspecified atom stereocenters. The van der Waals surface area contributed by atoms with Crippen molar-refractivity contribution in [3.63, 3.8) is 0 Å². The molecule has 6 atom stereocenters. The summed E-state index contributed by atoms with van der Waals surface area (Å²) in [5.41, 5.74) is 6.49. The van der Waals surface area contributed by atoms with Crippen LogP contribution in [0, 0.1) is 11.8 Å². The summed E-state index contributed by atoms with van der Waals surface area (Å²) < 4.78 is 21.6. The Kier molecular flexibility index (Phi) is 11.0. The highest BCUT2D eigenvalue weighted by Crippen LogP contribution is 2.45. The van der Waals surface area contributed by atoms with Gasteiger partial charge in [0.15, 0.2) is 5.13 Å². The number of rotatable bonds is 16. The third-order valence-corrected chi connectivity index (χ3v) is 11.9. The number of anilines is 1. The van der Waals surface area contributed by atoms with Crippen LogP contribution in [0.15, 0.2) is 54.6 Å². The van der Waals surface area contributed by atoms with Gasteiger partial charge in [-0.1, -0.05) is 57.0 Å². The molecule has 2 aromatic heterocycles. The second-order valence-corrected chi connectivity index (χ2v) is 16.1. The van der Waals surface area contributed by atoms with E-state index < -0.39 is 40.5 Å². The summed E-state index contributed by atoms with van der Waals surface area (Å²) in [7, 11) is -1.49. The number of likely N-dealkylation sites (tertiary alicyclic amines) is 1. The van der Waals surface area contributed by atoms with Gasteiger partial charge in [0.25, 0.3) is 5.91 Å². The van der Waals surface area contributed by atoms with Crippen LogP contribution in [0.5, 0.6) is 5.88 Å². The summed E-state index contributed by atoms with van der Waals surface area (Å²) in [6.07, 6.45) is 13.0. The van der Waals surface area contributed by atoms with E-state index in [1.54, 1.807) is 17.2 Å². The third-order valence-electron chi connectivity index (χ3n) is 9.74. The van der Waals surface area contributed by atoms with Crippen LogP contribution in [0.2, 0.25) is 0 Å². The molecule has 50 heavy (non-hydrogen) atoms. The van der Waals surface area contributed by atoms with Crippen molar-refractivity contribution < 1.29 is 23.3 Å². The minimum atomic E-state index is -1.49. The van der Waals surface area contributed by atoms with Crippen LogP contribution in [0.1, 0.15) is 76.5 Å². The first-order chi connectivity index (χ1) is 24.1. The number of thiazole rings is 1. The van der Waals surface area contributed by atoms with Gasteiger partial charge < -0.3 is 20.7 Å². The second-order valence-electron chi connectivity index (χ2n) is 13.8. The van der Waals surface area contributed by atoms with Crippen molar-refractivity contribution in [2.24, 2.45) is 11.8 Å². The molecule has 3 aromatic rings. The maximum Gasteiger partial charge on any atom is 0.258 e. The molecule has 3 amide bonds. The first-order valence-electron chi connectivity index (χ1n) is 17.5. The summed E-state index contributed by atoms with van der Waals surface area (Å²) in [6.45, 7) is 8.18. The van der Waals surface area contributed by atoms with Gasteiger partial charge in [-0.3, -0.25) is 19.1 Å². The van der Waals surface area contributed by atoms with Crippen LogP contribution in [0.25, 0.3) is 16.8 Å². The monoisotopic (exact) mass is 718 g/mol. The van der Waals surface area contributed by atoms with Gasteiger partial charge in [-0.15, -0.1) is 17.9 Å². The number of ether oxygens (including phenoxy) is 1.